The number of carbonyl (C=O) groups is 2. The summed E-state index contributed by atoms with van der Waals surface area (Å²) in [5.74, 6) is 1.39. The highest BCUT2D eigenvalue weighted by Crippen LogP contribution is 2.31. The third kappa shape index (κ3) is 4.41. The van der Waals surface area contributed by atoms with Crippen molar-refractivity contribution in [2.24, 2.45) is 0 Å². The highest BCUT2D eigenvalue weighted by atomic mass is 16.6. The van der Waals surface area contributed by atoms with Crippen molar-refractivity contribution in [2.45, 2.75) is 25.9 Å². The number of benzene rings is 1. The molecule has 5 rings (SSSR count). The maximum Gasteiger partial charge on any atom is 0.257 e. The van der Waals surface area contributed by atoms with Crippen LogP contribution in [0, 0.1) is 0 Å². The number of ether oxygens (including phenoxy) is 3. The smallest absolute Gasteiger partial charge is 0.257 e. The average molecular weight is 494 g/mol. The Morgan fingerprint density at radius 1 is 1.06 bits per heavy atom. The van der Waals surface area contributed by atoms with Crippen molar-refractivity contribution >= 4 is 11.8 Å². The van der Waals surface area contributed by atoms with Gasteiger partial charge in [-0.2, -0.15) is 0 Å². The van der Waals surface area contributed by atoms with Crippen LogP contribution in [0.2, 0.25) is 0 Å². The van der Waals surface area contributed by atoms with E-state index in [4.69, 9.17) is 18.6 Å². The lowest BCUT2D eigenvalue weighted by Crippen LogP contribution is -2.34. The van der Waals surface area contributed by atoms with Crippen LogP contribution in [-0.2, 0) is 13.0 Å². The minimum Gasteiger partial charge on any atom is -0.496 e. The molecule has 188 valence electrons. The van der Waals surface area contributed by atoms with Crippen molar-refractivity contribution in [2.75, 3.05) is 33.4 Å². The van der Waals surface area contributed by atoms with E-state index in [0.717, 1.165) is 0 Å². The monoisotopic (exact) mass is 493 g/mol. The van der Waals surface area contributed by atoms with E-state index in [9.17, 15) is 14.4 Å². The summed E-state index contributed by atoms with van der Waals surface area (Å²) < 4.78 is 23.5. The van der Waals surface area contributed by atoms with Gasteiger partial charge in [0.2, 0.25) is 0 Å². The number of fused-ring (bicyclic) bond motifs is 2. The molecule has 0 radical (unpaired) electrons. The fraction of sp³-hybridized carbons (Fsp3) is 0.346. The van der Waals surface area contributed by atoms with E-state index in [-0.39, 0.29) is 41.3 Å². The predicted octanol–water partition coefficient (Wildman–Crippen LogP) is 2.41. The summed E-state index contributed by atoms with van der Waals surface area (Å²) in [5.41, 5.74) is 0.997. The van der Waals surface area contributed by atoms with Gasteiger partial charge in [0.05, 0.1) is 19.4 Å². The fourth-order valence-corrected chi connectivity index (χ4v) is 4.59. The third-order valence-corrected chi connectivity index (χ3v) is 6.43. The number of hydrogen-bond donors (Lipinski definition) is 1. The SMILES string of the molecule is COc1cc(=O)n2c(c1C(=O)NC(C)c1ccco1)CCN(C(=O)c1ccc3c(c1)OCCO3)CC2. The Bertz CT molecular complexity index is 1350. The van der Waals surface area contributed by atoms with Crippen LogP contribution in [0.15, 0.2) is 51.9 Å². The van der Waals surface area contributed by atoms with Crippen LogP contribution in [0.4, 0.5) is 0 Å². The molecule has 10 heteroatoms. The molecular weight excluding hydrogens is 466 g/mol. The number of furan rings is 1. The molecule has 1 aromatic carbocycles. The Kier molecular flexibility index (Phi) is 6.41. The van der Waals surface area contributed by atoms with Crippen molar-refractivity contribution in [3.63, 3.8) is 0 Å². The molecule has 10 nitrogen and oxygen atoms in total. The highest BCUT2D eigenvalue weighted by molar-refractivity contribution is 5.98. The molecule has 0 saturated heterocycles. The summed E-state index contributed by atoms with van der Waals surface area (Å²) in [7, 11) is 1.42. The number of amides is 2. The standard InChI is InChI=1S/C26H27N3O7/c1-16(19-4-3-11-34-19)27-25(31)24-18-7-8-28(9-10-29(18)23(30)15-22(24)33-2)26(32)17-5-6-20-21(14-17)36-13-12-35-20/h3-6,11,14-16H,7-10,12-13H2,1-2H3,(H,27,31). The molecule has 36 heavy (non-hydrogen) atoms. The van der Waals surface area contributed by atoms with Gasteiger partial charge in [-0.25, -0.2) is 0 Å². The summed E-state index contributed by atoms with van der Waals surface area (Å²) in [6.45, 7) is 3.61. The Morgan fingerprint density at radius 2 is 1.86 bits per heavy atom. The second-order valence-electron chi connectivity index (χ2n) is 8.64. The number of carbonyl (C=O) groups excluding carboxylic acids is 2. The largest absolute Gasteiger partial charge is 0.496 e. The minimum absolute atomic E-state index is 0.183. The molecule has 0 saturated carbocycles. The van der Waals surface area contributed by atoms with Crippen LogP contribution in [0.5, 0.6) is 17.2 Å². The molecule has 0 fully saturated rings. The number of nitrogens with one attached hydrogen (secondary N) is 1. The van der Waals surface area contributed by atoms with E-state index in [1.807, 2.05) is 6.92 Å². The Labute approximate surface area is 207 Å². The summed E-state index contributed by atoms with van der Waals surface area (Å²) in [4.78, 5) is 41.2. The van der Waals surface area contributed by atoms with Gasteiger partial charge < -0.3 is 33.4 Å². The zero-order chi connectivity index (χ0) is 25.2. The van der Waals surface area contributed by atoms with E-state index in [0.29, 0.717) is 61.2 Å². The van der Waals surface area contributed by atoms with Crippen molar-refractivity contribution in [3.05, 3.63) is 75.6 Å². The van der Waals surface area contributed by atoms with E-state index in [2.05, 4.69) is 5.32 Å². The first-order valence-electron chi connectivity index (χ1n) is 11.8. The lowest BCUT2D eigenvalue weighted by atomic mass is 10.1. The number of hydrogen-bond acceptors (Lipinski definition) is 7. The zero-order valence-corrected chi connectivity index (χ0v) is 20.1. The lowest BCUT2D eigenvalue weighted by Gasteiger charge is -2.22. The van der Waals surface area contributed by atoms with Crippen LogP contribution >= 0.6 is 0 Å². The molecule has 0 bridgehead atoms. The van der Waals surface area contributed by atoms with E-state index < -0.39 is 0 Å². The summed E-state index contributed by atoms with van der Waals surface area (Å²) in [6, 6.07) is 9.57. The number of pyridine rings is 1. The summed E-state index contributed by atoms with van der Waals surface area (Å²) >= 11 is 0. The van der Waals surface area contributed by atoms with Gasteiger partial charge in [0.15, 0.2) is 11.5 Å². The van der Waals surface area contributed by atoms with Crippen LogP contribution in [0.25, 0.3) is 0 Å². The summed E-state index contributed by atoms with van der Waals surface area (Å²) in [6.07, 6.45) is 1.85. The van der Waals surface area contributed by atoms with Gasteiger partial charge in [-0.3, -0.25) is 14.4 Å². The molecule has 2 amide bonds. The molecule has 1 unspecified atom stereocenters. The lowest BCUT2D eigenvalue weighted by molar-refractivity contribution is 0.0757. The maximum atomic E-state index is 13.3. The molecular formula is C26H27N3O7. The molecule has 2 aliphatic rings. The Hall–Kier alpha value is -4.21. The zero-order valence-electron chi connectivity index (χ0n) is 20.1. The fourth-order valence-electron chi connectivity index (χ4n) is 4.59. The van der Waals surface area contributed by atoms with Crippen molar-refractivity contribution in [1.82, 2.24) is 14.8 Å². The van der Waals surface area contributed by atoms with Gasteiger partial charge in [0.25, 0.3) is 17.4 Å². The van der Waals surface area contributed by atoms with Crippen LogP contribution in [0.3, 0.4) is 0 Å². The quantitative estimate of drug-likeness (QED) is 0.581. The Balaban J connectivity index is 1.41. The van der Waals surface area contributed by atoms with Crippen LogP contribution < -0.4 is 25.1 Å². The molecule has 3 aromatic rings. The van der Waals surface area contributed by atoms with Gasteiger partial charge >= 0.3 is 0 Å². The highest BCUT2D eigenvalue weighted by Gasteiger charge is 2.28. The minimum atomic E-state index is -0.385. The van der Waals surface area contributed by atoms with E-state index >= 15 is 0 Å². The van der Waals surface area contributed by atoms with E-state index in [1.54, 1.807) is 46.1 Å². The van der Waals surface area contributed by atoms with Crippen LogP contribution in [0.1, 0.15) is 45.1 Å². The third-order valence-electron chi connectivity index (χ3n) is 6.43. The van der Waals surface area contributed by atoms with Crippen molar-refractivity contribution < 1.29 is 28.2 Å². The van der Waals surface area contributed by atoms with Crippen LogP contribution in [-0.4, -0.2) is 54.7 Å². The topological polar surface area (TPSA) is 112 Å². The first-order chi connectivity index (χ1) is 17.5. The van der Waals surface area contributed by atoms with Gasteiger partial charge in [-0.1, -0.05) is 0 Å². The van der Waals surface area contributed by atoms with Gasteiger partial charge in [-0.05, 0) is 37.3 Å². The first kappa shape index (κ1) is 23.5. The number of aromatic nitrogens is 1. The Morgan fingerprint density at radius 3 is 2.61 bits per heavy atom. The van der Waals surface area contributed by atoms with Gasteiger partial charge in [0.1, 0.15) is 30.3 Å². The molecule has 4 heterocycles. The van der Waals surface area contributed by atoms with Gasteiger partial charge in [0, 0.05) is 43.4 Å². The maximum absolute atomic E-state index is 13.3. The first-order valence-corrected chi connectivity index (χ1v) is 11.8. The van der Waals surface area contributed by atoms with Crippen molar-refractivity contribution in [1.29, 1.82) is 0 Å². The molecule has 0 aliphatic carbocycles. The predicted molar refractivity (Wildman–Crippen MR) is 129 cm³/mol. The normalized spacial score (nSPS) is 15.4. The number of rotatable bonds is 5. The number of nitrogens with zero attached hydrogens (tertiary/aromatic N) is 2. The van der Waals surface area contributed by atoms with Crippen molar-refractivity contribution in [3.8, 4) is 17.2 Å². The molecule has 0 spiro atoms. The van der Waals surface area contributed by atoms with Gasteiger partial charge in [-0.15, -0.1) is 0 Å². The van der Waals surface area contributed by atoms with E-state index in [1.165, 1.54) is 13.2 Å². The second kappa shape index (κ2) is 9.80. The molecule has 2 aromatic heterocycles. The summed E-state index contributed by atoms with van der Waals surface area (Å²) in [5, 5.41) is 2.92. The molecule has 1 atom stereocenters. The molecule has 1 N–H and O–H groups in total. The number of methoxy groups -OCH3 is 1. The second-order valence-corrected chi connectivity index (χ2v) is 8.64. The average Bonchev–Trinajstić information content (AvgIpc) is 3.35. The molecule has 2 aliphatic heterocycles.